The number of nitrogens with zero attached hydrogens (tertiary/aromatic N) is 2. The lowest BCUT2D eigenvalue weighted by atomic mass is 10.1. The molecule has 0 bridgehead atoms. The second-order valence-electron chi connectivity index (χ2n) is 5.04. The molecule has 2 N–H and O–H groups in total. The molecule has 1 aliphatic rings. The van der Waals surface area contributed by atoms with Gasteiger partial charge in [-0.25, -0.2) is 14.6 Å². The van der Waals surface area contributed by atoms with E-state index in [4.69, 9.17) is 9.84 Å². The van der Waals surface area contributed by atoms with Gasteiger partial charge < -0.3 is 20.1 Å². The molecule has 0 aliphatic carbocycles. The van der Waals surface area contributed by atoms with E-state index in [-0.39, 0.29) is 19.2 Å². The van der Waals surface area contributed by atoms with E-state index in [0.717, 1.165) is 5.01 Å². The maximum atomic E-state index is 12.2. The van der Waals surface area contributed by atoms with Gasteiger partial charge in [-0.15, -0.1) is 11.3 Å². The topological polar surface area (TPSA) is 91.8 Å². The summed E-state index contributed by atoms with van der Waals surface area (Å²) >= 11 is 1.46. The zero-order chi connectivity index (χ0) is 14.8. The first kappa shape index (κ1) is 14.7. The van der Waals surface area contributed by atoms with Crippen LogP contribution in [0.2, 0.25) is 0 Å². The van der Waals surface area contributed by atoms with E-state index in [1.54, 1.807) is 6.20 Å². The molecular weight excluding hydrogens is 282 g/mol. The highest BCUT2D eigenvalue weighted by Gasteiger charge is 2.32. The standard InChI is InChI=1S/C12H17N3O4S/c1-12(2,10-13-3-6-20-10)14-11(18)15-4-5-19-8(7-15)9(16)17/h3,6,8H,4-5,7H2,1-2H3,(H,14,18)(H,16,17). The van der Waals surface area contributed by atoms with Crippen molar-refractivity contribution in [1.29, 1.82) is 0 Å². The summed E-state index contributed by atoms with van der Waals surface area (Å²) in [4.78, 5) is 28.8. The maximum Gasteiger partial charge on any atom is 0.334 e. The van der Waals surface area contributed by atoms with Crippen molar-refractivity contribution in [3.05, 3.63) is 16.6 Å². The number of thiazole rings is 1. The van der Waals surface area contributed by atoms with Crippen molar-refractivity contribution >= 4 is 23.3 Å². The molecule has 0 saturated carbocycles. The van der Waals surface area contributed by atoms with Crippen LogP contribution in [0.1, 0.15) is 18.9 Å². The molecule has 1 aliphatic heterocycles. The minimum atomic E-state index is -1.05. The van der Waals surface area contributed by atoms with Crippen molar-refractivity contribution in [2.75, 3.05) is 19.7 Å². The Labute approximate surface area is 120 Å². The third kappa shape index (κ3) is 3.26. The van der Waals surface area contributed by atoms with E-state index in [0.29, 0.717) is 6.54 Å². The van der Waals surface area contributed by atoms with Crippen LogP contribution >= 0.6 is 11.3 Å². The molecule has 1 aromatic heterocycles. The number of aliphatic carboxylic acids is 1. The molecular formula is C12H17N3O4S. The van der Waals surface area contributed by atoms with E-state index in [1.165, 1.54) is 16.2 Å². The lowest BCUT2D eigenvalue weighted by molar-refractivity contribution is -0.154. The van der Waals surface area contributed by atoms with E-state index < -0.39 is 17.6 Å². The maximum absolute atomic E-state index is 12.2. The van der Waals surface area contributed by atoms with Gasteiger partial charge in [0.25, 0.3) is 0 Å². The summed E-state index contributed by atoms with van der Waals surface area (Å²) < 4.78 is 5.09. The number of hydrogen-bond acceptors (Lipinski definition) is 5. The Morgan fingerprint density at radius 2 is 2.35 bits per heavy atom. The fourth-order valence-corrected chi connectivity index (χ4v) is 2.63. The number of aromatic nitrogens is 1. The smallest absolute Gasteiger partial charge is 0.334 e. The summed E-state index contributed by atoms with van der Waals surface area (Å²) in [5.41, 5.74) is -0.595. The van der Waals surface area contributed by atoms with Crippen LogP contribution < -0.4 is 5.32 Å². The number of carboxylic acid groups (broad SMARTS) is 1. The van der Waals surface area contributed by atoms with Crippen molar-refractivity contribution in [1.82, 2.24) is 15.2 Å². The van der Waals surface area contributed by atoms with Crippen LogP contribution in [-0.2, 0) is 15.1 Å². The highest BCUT2D eigenvalue weighted by atomic mass is 32.1. The van der Waals surface area contributed by atoms with Crippen molar-refractivity contribution < 1.29 is 19.4 Å². The minimum absolute atomic E-state index is 0.0507. The predicted molar refractivity (Wildman–Crippen MR) is 72.6 cm³/mol. The van der Waals surface area contributed by atoms with E-state index >= 15 is 0 Å². The van der Waals surface area contributed by atoms with Crippen molar-refractivity contribution in [3.63, 3.8) is 0 Å². The summed E-state index contributed by atoms with van der Waals surface area (Å²) in [6.07, 6.45) is 0.723. The zero-order valence-electron chi connectivity index (χ0n) is 11.3. The second-order valence-corrected chi connectivity index (χ2v) is 5.93. The van der Waals surface area contributed by atoms with Gasteiger partial charge in [-0.1, -0.05) is 0 Å². The van der Waals surface area contributed by atoms with Gasteiger partial charge in [0.15, 0.2) is 6.10 Å². The summed E-state index contributed by atoms with van der Waals surface area (Å²) in [6.45, 7) is 4.37. The van der Waals surface area contributed by atoms with E-state index in [9.17, 15) is 9.59 Å². The summed E-state index contributed by atoms with van der Waals surface area (Å²) in [6, 6.07) is -0.306. The Hall–Kier alpha value is -1.67. The SMILES string of the molecule is CC(C)(NC(=O)N1CCOC(C(=O)O)C1)c1nccs1. The number of nitrogens with one attached hydrogen (secondary N) is 1. The largest absolute Gasteiger partial charge is 0.479 e. The molecule has 2 heterocycles. The fourth-order valence-electron chi connectivity index (χ4n) is 1.92. The second kappa shape index (κ2) is 5.76. The Morgan fingerprint density at radius 3 is 2.95 bits per heavy atom. The Bertz CT molecular complexity index is 489. The van der Waals surface area contributed by atoms with Gasteiger partial charge in [0.1, 0.15) is 5.01 Å². The quantitative estimate of drug-likeness (QED) is 0.864. The molecule has 1 atom stereocenters. The van der Waals surface area contributed by atoms with Gasteiger partial charge in [0.2, 0.25) is 0 Å². The van der Waals surface area contributed by atoms with Crippen LogP contribution in [0.3, 0.4) is 0 Å². The number of carbonyl (C=O) groups excluding carboxylic acids is 1. The highest BCUT2D eigenvalue weighted by Crippen LogP contribution is 2.22. The molecule has 2 rings (SSSR count). The molecule has 20 heavy (non-hydrogen) atoms. The van der Waals surface area contributed by atoms with Crippen LogP contribution in [0.15, 0.2) is 11.6 Å². The van der Waals surface area contributed by atoms with Crippen molar-refractivity contribution in [2.24, 2.45) is 0 Å². The first-order valence-electron chi connectivity index (χ1n) is 6.21. The van der Waals surface area contributed by atoms with Crippen LogP contribution in [0.5, 0.6) is 0 Å². The van der Waals surface area contributed by atoms with Crippen molar-refractivity contribution in [2.45, 2.75) is 25.5 Å². The number of carboxylic acids is 1. The molecule has 1 aromatic rings. The lowest BCUT2D eigenvalue weighted by Crippen LogP contribution is -2.55. The molecule has 8 heteroatoms. The van der Waals surface area contributed by atoms with E-state index in [2.05, 4.69) is 10.3 Å². The fraction of sp³-hybridized carbons (Fsp3) is 0.583. The average molecular weight is 299 g/mol. The normalized spacial score (nSPS) is 19.7. The zero-order valence-corrected chi connectivity index (χ0v) is 12.1. The number of amides is 2. The third-order valence-electron chi connectivity index (χ3n) is 3.02. The Balaban J connectivity index is 1.99. The van der Waals surface area contributed by atoms with Gasteiger partial charge in [-0.2, -0.15) is 0 Å². The van der Waals surface area contributed by atoms with Crippen LogP contribution in [0, 0.1) is 0 Å². The number of ether oxygens (including phenoxy) is 1. The van der Waals surface area contributed by atoms with Gasteiger partial charge in [-0.05, 0) is 13.8 Å². The summed E-state index contributed by atoms with van der Waals surface area (Å²) in [7, 11) is 0. The molecule has 7 nitrogen and oxygen atoms in total. The Morgan fingerprint density at radius 1 is 1.60 bits per heavy atom. The highest BCUT2D eigenvalue weighted by molar-refractivity contribution is 7.09. The molecule has 2 amide bonds. The van der Waals surface area contributed by atoms with Gasteiger partial charge >= 0.3 is 12.0 Å². The van der Waals surface area contributed by atoms with Crippen LogP contribution in [-0.4, -0.2) is 52.8 Å². The van der Waals surface area contributed by atoms with E-state index in [1.807, 2.05) is 19.2 Å². The van der Waals surface area contributed by atoms with Gasteiger partial charge in [0.05, 0.1) is 18.7 Å². The number of hydrogen-bond donors (Lipinski definition) is 2. The number of morpholine rings is 1. The van der Waals surface area contributed by atoms with Crippen LogP contribution in [0.4, 0.5) is 4.79 Å². The summed E-state index contributed by atoms with van der Waals surface area (Å²) in [5.74, 6) is -1.05. The molecule has 0 radical (unpaired) electrons. The average Bonchev–Trinajstić information content (AvgIpc) is 2.93. The van der Waals surface area contributed by atoms with Gasteiger partial charge in [0, 0.05) is 18.1 Å². The molecule has 1 unspecified atom stereocenters. The number of carbonyl (C=O) groups is 2. The summed E-state index contributed by atoms with van der Waals surface area (Å²) in [5, 5.41) is 14.4. The Kier molecular flexibility index (Phi) is 4.24. The van der Waals surface area contributed by atoms with Crippen molar-refractivity contribution in [3.8, 4) is 0 Å². The first-order chi connectivity index (χ1) is 9.40. The molecule has 0 spiro atoms. The molecule has 110 valence electrons. The predicted octanol–water partition coefficient (Wildman–Crippen LogP) is 0.873. The molecule has 1 fully saturated rings. The molecule has 1 saturated heterocycles. The monoisotopic (exact) mass is 299 g/mol. The minimum Gasteiger partial charge on any atom is -0.479 e. The number of rotatable bonds is 3. The first-order valence-corrected chi connectivity index (χ1v) is 7.09. The number of urea groups is 1. The third-order valence-corrected chi connectivity index (χ3v) is 4.11. The molecule has 0 aromatic carbocycles. The van der Waals surface area contributed by atoms with Crippen LogP contribution in [0.25, 0.3) is 0 Å². The van der Waals surface area contributed by atoms with Gasteiger partial charge in [-0.3, -0.25) is 0 Å². The lowest BCUT2D eigenvalue weighted by Gasteiger charge is -2.34.